The first-order valence-electron chi connectivity index (χ1n) is 10.5. The Morgan fingerprint density at radius 1 is 0.968 bits per heavy atom. The zero-order chi connectivity index (χ0) is 22.5. The van der Waals surface area contributed by atoms with E-state index < -0.39 is 19.3 Å². The molecule has 166 valence electrons. The molecule has 2 aromatic carbocycles. The molecule has 1 atom stereocenters. The van der Waals surface area contributed by atoms with Crippen molar-refractivity contribution in [3.8, 4) is 5.75 Å². The number of aryl methyl sites for hydroxylation is 1. The summed E-state index contributed by atoms with van der Waals surface area (Å²) in [6.45, 7) is 7.80. The van der Waals surface area contributed by atoms with Crippen molar-refractivity contribution < 1.29 is 23.1 Å². The van der Waals surface area contributed by atoms with Crippen LogP contribution in [0.3, 0.4) is 0 Å². The normalized spacial score (nSPS) is 16.5. The fraction of sp³-hybridized carbons (Fsp3) is 0.375. The number of carbonyl (C=O) groups excluding carboxylic acids is 1. The zero-order valence-corrected chi connectivity index (χ0v) is 19.4. The Kier molecular flexibility index (Phi) is 7.11. The van der Waals surface area contributed by atoms with Crippen LogP contribution in [0.1, 0.15) is 45.6 Å². The first-order valence-corrected chi connectivity index (χ1v) is 12.0. The van der Waals surface area contributed by atoms with Gasteiger partial charge in [0.25, 0.3) is 0 Å². The molecule has 0 saturated heterocycles. The molecule has 1 unspecified atom stereocenters. The van der Waals surface area contributed by atoms with Gasteiger partial charge in [-0.2, -0.15) is 0 Å². The lowest BCUT2D eigenvalue weighted by molar-refractivity contribution is 0.0242. The summed E-state index contributed by atoms with van der Waals surface area (Å²) in [7, 11) is -3.84. The van der Waals surface area contributed by atoms with Crippen LogP contribution in [-0.2, 0) is 13.8 Å². The van der Waals surface area contributed by atoms with Gasteiger partial charge in [-0.25, -0.2) is 14.3 Å². The van der Waals surface area contributed by atoms with Gasteiger partial charge in [-0.1, -0.05) is 35.9 Å². The highest BCUT2D eigenvalue weighted by molar-refractivity contribution is 7.62. The van der Waals surface area contributed by atoms with Gasteiger partial charge in [-0.15, -0.1) is 0 Å². The predicted molar refractivity (Wildman–Crippen MR) is 121 cm³/mol. The summed E-state index contributed by atoms with van der Waals surface area (Å²) in [4.78, 5) is 14.3. The molecule has 0 aromatic heterocycles. The number of benzene rings is 2. The summed E-state index contributed by atoms with van der Waals surface area (Å²) in [6, 6.07) is 16.0. The molecular weight excluding hydrogens is 413 g/mol. The highest BCUT2D eigenvalue weighted by Crippen LogP contribution is 2.50. The Labute approximate surface area is 184 Å². The number of rotatable bonds is 5. The van der Waals surface area contributed by atoms with E-state index in [1.807, 2.05) is 45.9 Å². The Bertz CT molecular complexity index is 964. The molecule has 1 aliphatic heterocycles. The van der Waals surface area contributed by atoms with E-state index in [9.17, 15) is 9.36 Å². The summed E-state index contributed by atoms with van der Waals surface area (Å²) >= 11 is 0. The van der Waals surface area contributed by atoms with E-state index in [0.29, 0.717) is 24.0 Å². The van der Waals surface area contributed by atoms with Crippen LogP contribution in [0, 0.1) is 6.92 Å². The van der Waals surface area contributed by atoms with E-state index in [0.717, 1.165) is 18.4 Å². The van der Waals surface area contributed by atoms with Gasteiger partial charge in [-0.3, -0.25) is 0 Å². The number of carbonyl (C=O) groups is 1. The SMILES string of the molecule is Cc1ccc(OP(=O)(OC2=CCCCCN2C(=O)OC(C)(C)C)c2ccccc2)cc1. The second-order valence-corrected chi connectivity index (χ2v) is 10.4. The number of amides is 1. The third-order valence-corrected chi connectivity index (χ3v) is 6.38. The summed E-state index contributed by atoms with van der Waals surface area (Å²) in [6.07, 6.45) is 3.63. The lowest BCUT2D eigenvalue weighted by atomic mass is 10.2. The Morgan fingerprint density at radius 3 is 2.29 bits per heavy atom. The van der Waals surface area contributed by atoms with Gasteiger partial charge < -0.3 is 13.8 Å². The molecule has 2 aromatic rings. The number of hydrogen-bond donors (Lipinski definition) is 0. The maximum Gasteiger partial charge on any atom is 0.463 e. The molecule has 0 N–H and O–H groups in total. The topological polar surface area (TPSA) is 65.1 Å². The van der Waals surface area contributed by atoms with Gasteiger partial charge in [-0.05, 0) is 77.3 Å². The van der Waals surface area contributed by atoms with Crippen molar-refractivity contribution in [3.63, 3.8) is 0 Å². The summed E-state index contributed by atoms with van der Waals surface area (Å²) < 4.78 is 31.6. The minimum atomic E-state index is -3.84. The average Bonchev–Trinajstić information content (AvgIpc) is 2.94. The lowest BCUT2D eigenvalue weighted by Crippen LogP contribution is -2.37. The molecule has 0 saturated carbocycles. The number of nitrogens with zero attached hydrogens (tertiary/aromatic N) is 1. The van der Waals surface area contributed by atoms with E-state index >= 15 is 0 Å². The fourth-order valence-electron chi connectivity index (χ4n) is 3.04. The minimum Gasteiger partial charge on any atom is -0.443 e. The molecule has 0 radical (unpaired) electrons. The molecular formula is C24H30NO5P. The van der Waals surface area contributed by atoms with Crippen LogP contribution in [0.2, 0.25) is 0 Å². The molecule has 1 heterocycles. The summed E-state index contributed by atoms with van der Waals surface area (Å²) in [5, 5.41) is 0.407. The first-order chi connectivity index (χ1) is 14.7. The maximum atomic E-state index is 14.0. The van der Waals surface area contributed by atoms with Crippen LogP contribution in [0.4, 0.5) is 4.79 Å². The van der Waals surface area contributed by atoms with E-state index in [1.54, 1.807) is 42.5 Å². The quantitative estimate of drug-likeness (QED) is 0.517. The van der Waals surface area contributed by atoms with E-state index in [2.05, 4.69) is 0 Å². The maximum absolute atomic E-state index is 14.0. The highest BCUT2D eigenvalue weighted by atomic mass is 31.2. The highest BCUT2D eigenvalue weighted by Gasteiger charge is 2.36. The smallest absolute Gasteiger partial charge is 0.443 e. The Morgan fingerprint density at radius 2 is 1.65 bits per heavy atom. The predicted octanol–water partition coefficient (Wildman–Crippen LogP) is 6.17. The van der Waals surface area contributed by atoms with E-state index in [1.165, 1.54) is 4.90 Å². The third kappa shape index (κ3) is 6.38. The fourth-order valence-corrected chi connectivity index (χ4v) is 4.64. The van der Waals surface area contributed by atoms with Gasteiger partial charge in [0, 0.05) is 6.54 Å². The molecule has 31 heavy (non-hydrogen) atoms. The third-order valence-electron chi connectivity index (χ3n) is 4.57. The number of ether oxygens (including phenoxy) is 1. The average molecular weight is 443 g/mol. The summed E-state index contributed by atoms with van der Waals surface area (Å²) in [5.74, 6) is 0.627. The number of hydrogen-bond acceptors (Lipinski definition) is 5. The van der Waals surface area contributed by atoms with Crippen LogP contribution >= 0.6 is 7.60 Å². The molecule has 6 nitrogen and oxygen atoms in total. The largest absolute Gasteiger partial charge is 0.463 e. The molecule has 0 bridgehead atoms. The van der Waals surface area contributed by atoms with Gasteiger partial charge in [0.15, 0.2) is 0 Å². The van der Waals surface area contributed by atoms with Crippen molar-refractivity contribution >= 4 is 19.0 Å². The van der Waals surface area contributed by atoms with Crippen molar-refractivity contribution in [3.05, 3.63) is 72.1 Å². The second-order valence-electron chi connectivity index (χ2n) is 8.50. The van der Waals surface area contributed by atoms with Gasteiger partial charge >= 0.3 is 13.7 Å². The number of allylic oxidation sites excluding steroid dienone is 1. The van der Waals surface area contributed by atoms with Crippen LogP contribution in [-0.4, -0.2) is 23.1 Å². The van der Waals surface area contributed by atoms with Crippen molar-refractivity contribution in [2.45, 2.75) is 52.6 Å². The van der Waals surface area contributed by atoms with E-state index in [-0.39, 0.29) is 5.88 Å². The van der Waals surface area contributed by atoms with Crippen molar-refractivity contribution in [2.24, 2.45) is 0 Å². The van der Waals surface area contributed by atoms with Crippen molar-refractivity contribution in [1.82, 2.24) is 4.90 Å². The van der Waals surface area contributed by atoms with Crippen molar-refractivity contribution in [1.29, 1.82) is 0 Å². The second kappa shape index (κ2) is 9.61. The Balaban J connectivity index is 1.94. The minimum absolute atomic E-state index is 0.200. The van der Waals surface area contributed by atoms with Crippen LogP contribution in [0.5, 0.6) is 5.75 Å². The van der Waals surface area contributed by atoms with E-state index in [4.69, 9.17) is 13.8 Å². The van der Waals surface area contributed by atoms with Gasteiger partial charge in [0.1, 0.15) is 11.4 Å². The molecule has 0 fully saturated rings. The molecule has 3 rings (SSSR count). The van der Waals surface area contributed by atoms with Crippen LogP contribution < -0.4 is 9.83 Å². The van der Waals surface area contributed by atoms with Crippen LogP contribution in [0.25, 0.3) is 0 Å². The standard InChI is InChI=1S/C24H30NO5P/c1-19-14-16-20(17-15-19)29-31(27,21-11-7-5-8-12-21)30-22-13-9-6-10-18-25(22)23(26)28-24(2,3)4/h5,7-8,11-17H,6,9-10,18H2,1-4H3. The van der Waals surface area contributed by atoms with Crippen molar-refractivity contribution in [2.75, 3.05) is 6.54 Å². The molecule has 1 amide bonds. The summed E-state index contributed by atoms with van der Waals surface area (Å²) in [5.41, 5.74) is 0.404. The van der Waals surface area contributed by atoms with Crippen LogP contribution in [0.15, 0.2) is 66.6 Å². The van der Waals surface area contributed by atoms with Gasteiger partial charge in [0.2, 0.25) is 5.88 Å². The molecule has 7 heteroatoms. The monoisotopic (exact) mass is 443 g/mol. The molecule has 0 aliphatic carbocycles. The first kappa shape index (κ1) is 23.0. The molecule has 0 spiro atoms. The zero-order valence-electron chi connectivity index (χ0n) is 18.5. The lowest BCUT2D eigenvalue weighted by Gasteiger charge is -2.30. The Hall–Kier alpha value is -2.72. The molecule has 1 aliphatic rings. The van der Waals surface area contributed by atoms with Gasteiger partial charge in [0.05, 0.1) is 5.30 Å².